The molecule has 188 valence electrons. The van der Waals surface area contributed by atoms with Gasteiger partial charge in [0.2, 0.25) is 0 Å². The van der Waals surface area contributed by atoms with Gasteiger partial charge in [-0.1, -0.05) is 59.8 Å². The van der Waals surface area contributed by atoms with Crippen molar-refractivity contribution in [2.24, 2.45) is 0 Å². The molecule has 5 aromatic rings. The Morgan fingerprint density at radius 2 is 1.86 bits per heavy atom. The van der Waals surface area contributed by atoms with Crippen LogP contribution in [0.4, 0.5) is 0 Å². The van der Waals surface area contributed by atoms with Crippen LogP contribution in [-0.4, -0.2) is 46.1 Å². The van der Waals surface area contributed by atoms with E-state index in [1.807, 2.05) is 79.9 Å². The first-order valence-corrected chi connectivity index (χ1v) is 12.2. The highest BCUT2D eigenvalue weighted by molar-refractivity contribution is 5.92. The highest BCUT2D eigenvalue weighted by Crippen LogP contribution is 2.35. The number of H-pyrrole nitrogens is 1. The molecule has 0 aliphatic rings. The van der Waals surface area contributed by atoms with E-state index >= 15 is 0 Å². The average molecular weight is 496 g/mol. The first-order valence-electron chi connectivity index (χ1n) is 12.2. The summed E-state index contributed by atoms with van der Waals surface area (Å²) in [7, 11) is 1.63. The summed E-state index contributed by atoms with van der Waals surface area (Å²) < 4.78 is 13.0. The summed E-state index contributed by atoms with van der Waals surface area (Å²) in [6.45, 7) is 3.39. The molecule has 1 atom stereocenters. The lowest BCUT2D eigenvalue weighted by Gasteiger charge is -2.20. The molecule has 0 saturated heterocycles. The number of methoxy groups -OCH3 is 1. The van der Waals surface area contributed by atoms with E-state index in [-0.39, 0.29) is 17.5 Å². The van der Waals surface area contributed by atoms with Gasteiger partial charge in [0.05, 0.1) is 26.5 Å². The first kappa shape index (κ1) is 24.1. The number of ether oxygens (including phenoxy) is 2. The molecule has 8 nitrogen and oxygen atoms in total. The zero-order valence-corrected chi connectivity index (χ0v) is 20.8. The molecule has 0 fully saturated rings. The van der Waals surface area contributed by atoms with Gasteiger partial charge in [0.25, 0.3) is 5.91 Å². The Morgan fingerprint density at radius 3 is 2.68 bits per heavy atom. The van der Waals surface area contributed by atoms with Crippen LogP contribution >= 0.6 is 0 Å². The van der Waals surface area contributed by atoms with Crippen LogP contribution in [0.3, 0.4) is 0 Å². The van der Waals surface area contributed by atoms with Crippen LogP contribution in [-0.2, 0) is 6.54 Å². The molecular formula is C29H29N5O3. The van der Waals surface area contributed by atoms with Crippen molar-refractivity contribution in [3.05, 3.63) is 108 Å². The molecule has 3 aromatic carbocycles. The van der Waals surface area contributed by atoms with Crippen molar-refractivity contribution in [1.82, 2.24) is 25.3 Å². The van der Waals surface area contributed by atoms with Crippen LogP contribution in [0.2, 0.25) is 0 Å². The number of nitrogens with one attached hydrogen (secondary N) is 2. The second-order valence-electron chi connectivity index (χ2n) is 8.68. The smallest absolute Gasteiger partial charge is 0.273 e. The van der Waals surface area contributed by atoms with Crippen LogP contribution < -0.4 is 14.8 Å². The van der Waals surface area contributed by atoms with Crippen molar-refractivity contribution in [3.8, 4) is 11.5 Å². The minimum absolute atomic E-state index is 0.135. The number of hydrogen-bond acceptors (Lipinski definition) is 5. The largest absolute Gasteiger partial charge is 0.493 e. The van der Waals surface area contributed by atoms with Gasteiger partial charge in [0.1, 0.15) is 0 Å². The molecule has 0 aliphatic carbocycles. The van der Waals surface area contributed by atoms with Crippen LogP contribution in [0, 0.1) is 0 Å². The van der Waals surface area contributed by atoms with E-state index in [4.69, 9.17) is 9.47 Å². The molecule has 1 unspecified atom stereocenters. The molecule has 1 amide bonds. The summed E-state index contributed by atoms with van der Waals surface area (Å²) in [4.78, 5) is 16.4. The van der Waals surface area contributed by atoms with E-state index in [0.717, 1.165) is 27.6 Å². The molecule has 37 heavy (non-hydrogen) atoms. The van der Waals surface area contributed by atoms with Gasteiger partial charge in [-0.05, 0) is 41.8 Å². The molecule has 0 saturated carbocycles. The number of hydrogen-bond donors (Lipinski definition) is 2. The maximum absolute atomic E-state index is 13.1. The number of rotatable bonds is 10. The number of carbonyl (C=O) groups excluding carboxylic acids is 1. The number of carbonyl (C=O) groups is 1. The van der Waals surface area contributed by atoms with Crippen LogP contribution in [0.25, 0.3) is 10.9 Å². The summed E-state index contributed by atoms with van der Waals surface area (Å²) in [6.07, 6.45) is 3.67. The standard InChI is InChI=1S/C29H29N5O3/c1-3-37-27-14-13-21(15-28(27)36-2)23(24-17-30-25-12-8-7-11-22(24)25)16-31-29(35)26-19-34(33-32-26)18-20-9-5-4-6-10-20/h4-15,17,19,23,30H,3,16,18H2,1-2H3,(H,31,35). The molecule has 5 rings (SSSR count). The predicted molar refractivity (Wildman–Crippen MR) is 142 cm³/mol. The summed E-state index contributed by atoms with van der Waals surface area (Å²) in [5.74, 6) is 0.927. The average Bonchev–Trinajstić information content (AvgIpc) is 3.58. The van der Waals surface area contributed by atoms with E-state index in [1.54, 1.807) is 18.0 Å². The van der Waals surface area contributed by atoms with Crippen LogP contribution in [0.15, 0.2) is 85.2 Å². The molecule has 0 spiro atoms. The monoisotopic (exact) mass is 495 g/mol. The van der Waals surface area contributed by atoms with Crippen molar-refractivity contribution >= 4 is 16.8 Å². The normalized spacial score (nSPS) is 11.8. The maximum Gasteiger partial charge on any atom is 0.273 e. The second kappa shape index (κ2) is 11.0. The third kappa shape index (κ3) is 5.33. The number of benzene rings is 3. The van der Waals surface area contributed by atoms with Gasteiger partial charge in [0.15, 0.2) is 17.2 Å². The summed E-state index contributed by atoms with van der Waals surface area (Å²) in [6, 6.07) is 24.0. The predicted octanol–water partition coefficient (Wildman–Crippen LogP) is 4.78. The van der Waals surface area contributed by atoms with E-state index in [2.05, 4.69) is 26.7 Å². The maximum atomic E-state index is 13.1. The fraction of sp³-hybridized carbons (Fsp3) is 0.207. The summed E-state index contributed by atoms with van der Waals surface area (Å²) in [5, 5.41) is 12.4. The third-order valence-electron chi connectivity index (χ3n) is 6.31. The minimum Gasteiger partial charge on any atom is -0.493 e. The van der Waals surface area contributed by atoms with Crippen molar-refractivity contribution in [2.75, 3.05) is 20.3 Å². The van der Waals surface area contributed by atoms with Crippen molar-refractivity contribution in [3.63, 3.8) is 0 Å². The summed E-state index contributed by atoms with van der Waals surface area (Å²) in [5.41, 5.74) is 4.48. The Balaban J connectivity index is 1.40. The molecule has 8 heteroatoms. The van der Waals surface area contributed by atoms with Gasteiger partial charge in [-0.2, -0.15) is 0 Å². The van der Waals surface area contributed by atoms with Gasteiger partial charge in [-0.15, -0.1) is 5.10 Å². The SMILES string of the molecule is CCOc1ccc(C(CNC(=O)c2cn(Cc3ccccc3)nn2)c2c[nH]c3ccccc23)cc1OC. The van der Waals surface area contributed by atoms with Gasteiger partial charge >= 0.3 is 0 Å². The second-order valence-corrected chi connectivity index (χ2v) is 8.68. The molecule has 2 N–H and O–H groups in total. The fourth-order valence-electron chi connectivity index (χ4n) is 4.50. The summed E-state index contributed by atoms with van der Waals surface area (Å²) >= 11 is 0. The minimum atomic E-state index is -0.276. The van der Waals surface area contributed by atoms with Gasteiger partial charge in [-0.3, -0.25) is 4.79 Å². The highest BCUT2D eigenvalue weighted by Gasteiger charge is 2.22. The molecule has 2 aromatic heterocycles. The Hall–Kier alpha value is -4.59. The Bertz CT molecular complexity index is 1490. The van der Waals surface area contributed by atoms with E-state index in [9.17, 15) is 4.79 Å². The number of aromatic nitrogens is 4. The molecule has 0 bridgehead atoms. The Morgan fingerprint density at radius 1 is 1.05 bits per heavy atom. The topological polar surface area (TPSA) is 94.1 Å². The third-order valence-corrected chi connectivity index (χ3v) is 6.31. The molecule has 2 heterocycles. The quantitative estimate of drug-likeness (QED) is 0.291. The van der Waals surface area contributed by atoms with Crippen molar-refractivity contribution in [1.29, 1.82) is 0 Å². The Kier molecular flexibility index (Phi) is 7.16. The van der Waals surface area contributed by atoms with E-state index < -0.39 is 0 Å². The molecule has 0 aliphatic heterocycles. The van der Waals surface area contributed by atoms with Gasteiger partial charge in [-0.25, -0.2) is 4.68 Å². The highest BCUT2D eigenvalue weighted by atomic mass is 16.5. The number of amides is 1. The lowest BCUT2D eigenvalue weighted by Crippen LogP contribution is -2.29. The van der Waals surface area contributed by atoms with Crippen molar-refractivity contribution < 1.29 is 14.3 Å². The zero-order valence-electron chi connectivity index (χ0n) is 20.8. The number of para-hydroxylation sites is 1. The van der Waals surface area contributed by atoms with Crippen molar-refractivity contribution in [2.45, 2.75) is 19.4 Å². The molecular weight excluding hydrogens is 466 g/mol. The Labute approximate surface area is 215 Å². The number of fused-ring (bicyclic) bond motifs is 1. The van der Waals surface area contributed by atoms with E-state index in [1.165, 1.54) is 0 Å². The zero-order chi connectivity index (χ0) is 25.6. The fourth-order valence-corrected chi connectivity index (χ4v) is 4.50. The lowest BCUT2D eigenvalue weighted by atomic mass is 9.90. The molecule has 0 radical (unpaired) electrons. The van der Waals surface area contributed by atoms with Gasteiger partial charge in [0, 0.05) is 29.6 Å². The van der Waals surface area contributed by atoms with E-state index in [0.29, 0.717) is 31.2 Å². The number of nitrogens with zero attached hydrogens (tertiary/aromatic N) is 3. The lowest BCUT2D eigenvalue weighted by molar-refractivity contribution is 0.0947. The number of aromatic amines is 1. The van der Waals surface area contributed by atoms with Crippen LogP contribution in [0.1, 0.15) is 40.0 Å². The first-order chi connectivity index (χ1) is 18.2. The van der Waals surface area contributed by atoms with Crippen LogP contribution in [0.5, 0.6) is 11.5 Å². The van der Waals surface area contributed by atoms with Gasteiger partial charge < -0.3 is 19.8 Å².